The molecule has 0 amide bonds. The van der Waals surface area contributed by atoms with E-state index in [9.17, 15) is 13.2 Å². The maximum atomic E-state index is 13.2. The number of hydrazine groups is 1. The molecule has 0 fully saturated rings. The highest BCUT2D eigenvalue weighted by Crippen LogP contribution is 2.29. The quantitative estimate of drug-likeness (QED) is 0.171. The number of anilines is 1. The summed E-state index contributed by atoms with van der Waals surface area (Å²) in [6.07, 6.45) is 4.78. The average Bonchev–Trinajstić information content (AvgIpc) is 2.90. The average molecular weight is 532 g/mol. The normalized spacial score (nSPS) is 13.1. The van der Waals surface area contributed by atoms with Gasteiger partial charge in [0.1, 0.15) is 18.1 Å². The molecule has 2 heterocycles. The molecule has 10 heteroatoms. The van der Waals surface area contributed by atoms with Gasteiger partial charge in [0.05, 0.1) is 0 Å². The molecule has 0 aliphatic rings. The topological polar surface area (TPSA) is 89.8 Å². The van der Waals surface area contributed by atoms with Gasteiger partial charge in [-0.25, -0.2) is 20.4 Å². The minimum atomic E-state index is -4.36. The van der Waals surface area contributed by atoms with Crippen molar-refractivity contribution in [3.63, 3.8) is 0 Å². The zero-order valence-electron chi connectivity index (χ0n) is 23.4. The molecule has 0 saturated heterocycles. The molecule has 0 radical (unpaired) electrons. The maximum absolute atomic E-state index is 13.2. The Morgan fingerprint density at radius 2 is 1.79 bits per heavy atom. The minimum absolute atomic E-state index is 0.1000. The van der Waals surface area contributed by atoms with Gasteiger partial charge in [-0.1, -0.05) is 31.6 Å². The monoisotopic (exact) mass is 531 g/mol. The first kappa shape index (κ1) is 32.5. The van der Waals surface area contributed by atoms with E-state index in [1.807, 2.05) is 40.7 Å². The standard InChI is InChI=1S/C25H34F3N7.C3H6/c1-7-16(3)12-32-23-20(10-9-11-31-23)21(29)24-33-13-19(14-34-24)18(5)22(17(4)8-2)35(30-6)15-25(26,27)28;1-3-2/h7,9-11,13-14,17,29-30H,8,12,15H2,1-6H3,(H,31,32);3H,1H2,2H3/b16-7+,22-18+,29-21?;. The summed E-state index contributed by atoms with van der Waals surface area (Å²) < 4.78 is 39.5. The SMILES string of the molecule is C/C=C(\C)CNc1ncccc1C(=N)c1ncc(/C(C)=C(\C(C)CC)N(CC(F)(F)F)NC)cn1.C=CC. The van der Waals surface area contributed by atoms with Crippen molar-refractivity contribution in [3.05, 3.63) is 77.7 Å². The number of halogens is 3. The Labute approximate surface area is 224 Å². The smallest absolute Gasteiger partial charge is 0.366 e. The molecule has 38 heavy (non-hydrogen) atoms. The number of pyridine rings is 1. The van der Waals surface area contributed by atoms with Crippen molar-refractivity contribution < 1.29 is 13.2 Å². The van der Waals surface area contributed by atoms with E-state index < -0.39 is 12.7 Å². The van der Waals surface area contributed by atoms with Crippen LogP contribution in [0.15, 0.2) is 60.7 Å². The second-order valence-electron chi connectivity index (χ2n) is 8.71. The van der Waals surface area contributed by atoms with Gasteiger partial charge in [0, 0.05) is 49.0 Å². The summed E-state index contributed by atoms with van der Waals surface area (Å²) in [5.41, 5.74) is 6.22. The van der Waals surface area contributed by atoms with Gasteiger partial charge < -0.3 is 10.3 Å². The molecular formula is C28H40F3N7. The molecule has 3 N–H and O–H groups in total. The molecule has 1 atom stereocenters. The van der Waals surface area contributed by atoms with Crippen LogP contribution in [0.2, 0.25) is 0 Å². The first-order valence-corrected chi connectivity index (χ1v) is 12.5. The van der Waals surface area contributed by atoms with Crippen molar-refractivity contribution in [2.45, 2.75) is 54.1 Å². The predicted octanol–water partition coefficient (Wildman–Crippen LogP) is 6.63. The van der Waals surface area contributed by atoms with Gasteiger partial charge in [0.2, 0.25) is 0 Å². The predicted molar refractivity (Wildman–Crippen MR) is 150 cm³/mol. The second-order valence-corrected chi connectivity index (χ2v) is 8.71. The van der Waals surface area contributed by atoms with Crippen molar-refractivity contribution in [1.82, 2.24) is 25.4 Å². The Morgan fingerprint density at radius 1 is 1.18 bits per heavy atom. The Bertz CT molecular complexity index is 1110. The van der Waals surface area contributed by atoms with Gasteiger partial charge in [0.15, 0.2) is 5.82 Å². The first-order valence-electron chi connectivity index (χ1n) is 12.5. The van der Waals surface area contributed by atoms with Gasteiger partial charge in [-0.05, 0) is 57.7 Å². The van der Waals surface area contributed by atoms with Crippen LogP contribution in [0, 0.1) is 11.3 Å². The number of rotatable bonds is 11. The third kappa shape index (κ3) is 9.74. The summed E-state index contributed by atoms with van der Waals surface area (Å²) in [6.45, 7) is 14.3. The maximum Gasteiger partial charge on any atom is 0.407 e. The lowest BCUT2D eigenvalue weighted by Gasteiger charge is -2.32. The van der Waals surface area contributed by atoms with Crippen LogP contribution in [-0.2, 0) is 0 Å². The zero-order chi connectivity index (χ0) is 28.9. The zero-order valence-corrected chi connectivity index (χ0v) is 23.4. The van der Waals surface area contributed by atoms with Crippen LogP contribution in [0.1, 0.15) is 64.9 Å². The molecular weight excluding hydrogens is 491 g/mol. The Morgan fingerprint density at radius 3 is 2.29 bits per heavy atom. The summed E-state index contributed by atoms with van der Waals surface area (Å²) in [6, 6.07) is 3.51. The van der Waals surface area contributed by atoms with Crippen LogP contribution in [0.4, 0.5) is 19.0 Å². The second kappa shape index (κ2) is 15.7. The minimum Gasteiger partial charge on any atom is -0.366 e. The number of hydrogen-bond acceptors (Lipinski definition) is 7. The molecule has 2 rings (SSSR count). The van der Waals surface area contributed by atoms with Crippen molar-refractivity contribution in [1.29, 1.82) is 5.41 Å². The van der Waals surface area contributed by atoms with E-state index in [1.165, 1.54) is 7.05 Å². The van der Waals surface area contributed by atoms with Crippen LogP contribution >= 0.6 is 0 Å². The fourth-order valence-corrected chi connectivity index (χ4v) is 3.49. The van der Waals surface area contributed by atoms with E-state index in [0.29, 0.717) is 41.2 Å². The molecule has 7 nitrogen and oxygen atoms in total. The summed E-state index contributed by atoms with van der Waals surface area (Å²) >= 11 is 0. The van der Waals surface area contributed by atoms with Gasteiger partial charge in [-0.3, -0.25) is 5.41 Å². The largest absolute Gasteiger partial charge is 0.407 e. The Kier molecular flexibility index (Phi) is 13.4. The van der Waals surface area contributed by atoms with E-state index in [4.69, 9.17) is 5.41 Å². The van der Waals surface area contributed by atoms with Gasteiger partial charge in [0.25, 0.3) is 0 Å². The molecule has 2 aromatic heterocycles. The molecule has 0 saturated carbocycles. The first-order chi connectivity index (χ1) is 17.9. The van der Waals surface area contributed by atoms with E-state index in [1.54, 1.807) is 43.7 Å². The van der Waals surface area contributed by atoms with Crippen LogP contribution in [0.25, 0.3) is 5.57 Å². The molecule has 208 valence electrons. The van der Waals surface area contributed by atoms with E-state index in [2.05, 4.69) is 32.3 Å². The third-order valence-electron chi connectivity index (χ3n) is 5.77. The summed E-state index contributed by atoms with van der Waals surface area (Å²) in [5.74, 6) is 0.622. The highest BCUT2D eigenvalue weighted by Gasteiger charge is 2.33. The van der Waals surface area contributed by atoms with Gasteiger partial charge in [-0.2, -0.15) is 13.2 Å². The number of nitrogens with one attached hydrogen (secondary N) is 3. The number of nitrogens with zero attached hydrogens (tertiary/aromatic N) is 4. The summed E-state index contributed by atoms with van der Waals surface area (Å²) in [5, 5.41) is 13.0. The van der Waals surface area contributed by atoms with Gasteiger partial charge >= 0.3 is 6.18 Å². The van der Waals surface area contributed by atoms with Gasteiger partial charge in [-0.15, -0.1) is 6.58 Å². The van der Waals surface area contributed by atoms with Crippen molar-refractivity contribution >= 4 is 17.1 Å². The molecule has 0 aliphatic heterocycles. The van der Waals surface area contributed by atoms with Crippen LogP contribution in [-0.4, -0.2) is 52.0 Å². The van der Waals surface area contributed by atoms with Crippen LogP contribution in [0.5, 0.6) is 0 Å². The number of allylic oxidation sites excluding steroid dienone is 4. The fraction of sp³-hybridized carbons (Fsp3) is 0.429. The number of alkyl halides is 3. The molecule has 0 spiro atoms. The Hall–Kier alpha value is -3.53. The van der Waals surface area contributed by atoms with E-state index in [-0.39, 0.29) is 17.5 Å². The molecule has 0 bridgehead atoms. The fourth-order valence-electron chi connectivity index (χ4n) is 3.49. The van der Waals surface area contributed by atoms with Crippen molar-refractivity contribution in [2.24, 2.45) is 5.92 Å². The lowest BCUT2D eigenvalue weighted by molar-refractivity contribution is -0.147. The summed E-state index contributed by atoms with van der Waals surface area (Å²) in [4.78, 5) is 13.1. The molecule has 0 aromatic carbocycles. The van der Waals surface area contributed by atoms with Crippen LogP contribution < -0.4 is 10.7 Å². The lowest BCUT2D eigenvalue weighted by Crippen LogP contribution is -2.43. The molecule has 1 unspecified atom stereocenters. The highest BCUT2D eigenvalue weighted by molar-refractivity contribution is 6.11. The molecule has 0 aliphatic carbocycles. The lowest BCUT2D eigenvalue weighted by atomic mass is 9.97. The number of hydrogen-bond donors (Lipinski definition) is 3. The van der Waals surface area contributed by atoms with Crippen molar-refractivity contribution in [3.8, 4) is 0 Å². The van der Waals surface area contributed by atoms with Crippen LogP contribution in [0.3, 0.4) is 0 Å². The van der Waals surface area contributed by atoms with E-state index >= 15 is 0 Å². The summed E-state index contributed by atoms with van der Waals surface area (Å²) in [7, 11) is 1.47. The van der Waals surface area contributed by atoms with E-state index in [0.717, 1.165) is 10.6 Å². The third-order valence-corrected chi connectivity index (χ3v) is 5.77. The molecule has 2 aromatic rings. The highest BCUT2D eigenvalue weighted by atomic mass is 19.4. The Balaban J connectivity index is 0.00000229. The van der Waals surface area contributed by atoms with Crippen molar-refractivity contribution in [2.75, 3.05) is 25.5 Å². The number of aromatic nitrogens is 3.